The van der Waals surface area contributed by atoms with E-state index in [0.717, 1.165) is 89.0 Å². The summed E-state index contributed by atoms with van der Waals surface area (Å²) in [6, 6.07) is 41.8. The Labute approximate surface area is 708 Å². The molecule has 0 fully saturated rings. The fraction of sp³-hybridized carbons (Fsp3) is 0.320. The van der Waals surface area contributed by atoms with Crippen LogP contribution in [0.5, 0.6) is 0 Å². The fourth-order valence-electron chi connectivity index (χ4n) is 14.7. The van der Waals surface area contributed by atoms with Gasteiger partial charge < -0.3 is 19.9 Å². The van der Waals surface area contributed by atoms with Crippen molar-refractivity contribution in [3.8, 4) is 68.2 Å². The minimum atomic E-state index is -0.435. The van der Waals surface area contributed by atoms with Crippen LogP contribution in [0.15, 0.2) is 121 Å². The second kappa shape index (κ2) is 30.4. The Balaban J connectivity index is 0.00000620. The van der Waals surface area contributed by atoms with Crippen LogP contribution in [0.1, 0.15) is 267 Å². The Bertz CT molecular complexity index is 6090. The minimum Gasteiger partial charge on any atom is -0.657 e. The van der Waals surface area contributed by atoms with Crippen molar-refractivity contribution in [1.29, 1.82) is 0 Å². The van der Waals surface area contributed by atoms with Gasteiger partial charge in [0.15, 0.2) is 0 Å². The minimum absolute atomic E-state index is 0. The second-order valence-corrected chi connectivity index (χ2v) is 38.9. The Hall–Kier alpha value is -10.8. The number of nitrogens with zero attached hydrogens (tertiary/aromatic N) is 10. The molecule has 0 atom stereocenters. The predicted molar refractivity (Wildman–Crippen MR) is 472 cm³/mol. The van der Waals surface area contributed by atoms with Gasteiger partial charge in [-0.15, -0.1) is 33.1 Å². The van der Waals surface area contributed by atoms with Crippen molar-refractivity contribution in [2.75, 3.05) is 0 Å². The van der Waals surface area contributed by atoms with E-state index in [1.807, 2.05) is 60.7 Å². The van der Waals surface area contributed by atoms with E-state index in [9.17, 15) is 20.2 Å². The van der Waals surface area contributed by atoms with Crippen LogP contribution in [0.2, 0.25) is 0 Å². The fourth-order valence-corrected chi connectivity index (χ4v) is 14.7. The first-order valence-electron chi connectivity index (χ1n) is 39.2. The molecule has 0 spiro atoms. The number of fused-ring (bicyclic) bond motifs is 16. The standard InChI is InChI=1S/C100H100N10O4.2Zn/c1-93(2,3)61-45-57(46-62(53-61)94(4,5)6)87-75-33-29-71(101-75)69(73-31-41-83(103-73)91(109(111)112)85-43-39-81(107-85)89(79-37-35-77(87)105-79)59-49-65(97(13,14)15)55-66(50-59)98(16,17)18)27-25-26-28-70-72-30-34-76(102-72)88(58-47-63(95(7,8)9)54-64(48-58)96(10,11)12)78-36-38-80(106-78)90(60-51-67(99(19,20)21)56-68(52-60)100(22,23)24)82-40-44-86(108-82)92(110(113)114)84-42-32-74(70)104-84;;/h29-56H,1-24H3;;/q-4;2*+2. The molecular formula is C100H100N10O4Zn2. The molecule has 6 aromatic heterocycles. The number of hydrogen-bond acceptors (Lipinski definition) is 8. The molecule has 0 radical (unpaired) electrons. The summed E-state index contributed by atoms with van der Waals surface area (Å²) >= 11 is 0. The number of rotatable bonds is 6. The summed E-state index contributed by atoms with van der Waals surface area (Å²) in [5.74, 6) is 13.1. The van der Waals surface area contributed by atoms with Crippen LogP contribution in [0, 0.1) is 43.9 Å². The van der Waals surface area contributed by atoms with Crippen LogP contribution in [0.4, 0.5) is 11.4 Å². The van der Waals surface area contributed by atoms with Crippen molar-refractivity contribution < 1.29 is 48.8 Å². The molecule has 16 bridgehead atoms. The molecule has 16 heteroatoms. The molecule has 4 aliphatic rings. The molecule has 116 heavy (non-hydrogen) atoms. The Morgan fingerprint density at radius 3 is 0.690 bits per heavy atom. The molecule has 4 aliphatic heterocycles. The summed E-state index contributed by atoms with van der Waals surface area (Å²) in [6.45, 7) is 53.1. The SMILES string of the molecule is CC(C)(C)c1cc(-c2c3nc(c(-c4cc(C(C)(C)C)cc(C(C)(C)C)c4)c4ccc([n-]4)c([N+](=O)[O-])c4nc(c(C#CC#Cc5c6nc(c(-c7cc(C(C)(C)C)cc(C(C)(C)C)c7)c7ccc([n-]7)c(-c7cc(C(C)(C)C)cc(C(C)(C)C)c7)c7nc(c([N+](=O)[O-])c8ccc5[n-]8)C=C7)C=C6)c5ccc2[n-]5)C=C4)C=C3)cc(C(C)(C)C)c1.[Zn+2].[Zn+2]. The first kappa shape index (κ1) is 84.6. The predicted octanol–water partition coefficient (Wildman–Crippen LogP) is 24.4. The molecule has 0 aliphatic carbocycles. The first-order chi connectivity index (χ1) is 53.1. The van der Waals surface area contributed by atoms with Crippen LogP contribution in [0.25, 0.3) is 137 Å². The van der Waals surface area contributed by atoms with Crippen LogP contribution >= 0.6 is 0 Å². The molecule has 14 nitrogen and oxygen atoms in total. The average Bonchev–Trinajstić information content (AvgIpc) is 1.14. The van der Waals surface area contributed by atoms with Crippen molar-refractivity contribution >= 4 is 104 Å². The maximum atomic E-state index is 13.7. The quantitative estimate of drug-likeness (QED) is 0.0662. The first-order valence-corrected chi connectivity index (χ1v) is 39.2. The third-order valence-corrected chi connectivity index (χ3v) is 21.8. The van der Waals surface area contributed by atoms with Crippen molar-refractivity contribution in [1.82, 2.24) is 39.9 Å². The monoisotopic (exact) mass is 1630 g/mol. The molecule has 10 aromatic rings. The summed E-state index contributed by atoms with van der Waals surface area (Å²) in [5.41, 5.74) is 20.6. The van der Waals surface area contributed by atoms with E-state index >= 15 is 0 Å². The van der Waals surface area contributed by atoms with Crippen molar-refractivity contribution in [3.05, 3.63) is 243 Å². The van der Waals surface area contributed by atoms with Gasteiger partial charge >= 0.3 is 39.0 Å². The number of hydrogen-bond donors (Lipinski definition) is 0. The molecule has 578 valence electrons. The van der Waals surface area contributed by atoms with E-state index in [2.05, 4.69) is 263 Å². The molecular weight excluding hydrogens is 1540 g/mol. The Morgan fingerprint density at radius 1 is 0.259 bits per heavy atom. The summed E-state index contributed by atoms with van der Waals surface area (Å²) < 4.78 is 0. The van der Waals surface area contributed by atoms with E-state index in [4.69, 9.17) is 39.9 Å². The summed E-state index contributed by atoms with van der Waals surface area (Å²) in [6.07, 6.45) is 14.8. The topological polar surface area (TPSA) is 194 Å². The van der Waals surface area contributed by atoms with Gasteiger partial charge in [-0.25, -0.2) is 19.9 Å². The van der Waals surface area contributed by atoms with Gasteiger partial charge in [0.1, 0.15) is 11.4 Å². The third kappa shape index (κ3) is 17.0. The van der Waals surface area contributed by atoms with E-state index in [1.165, 1.54) is 0 Å². The van der Waals surface area contributed by atoms with Crippen LogP contribution in [-0.2, 0) is 82.3 Å². The van der Waals surface area contributed by atoms with Gasteiger partial charge in [0.05, 0.1) is 44.0 Å². The van der Waals surface area contributed by atoms with Gasteiger partial charge in [-0.3, -0.25) is 20.2 Å². The van der Waals surface area contributed by atoms with E-state index < -0.39 is 9.85 Å². The molecule has 0 saturated carbocycles. The molecule has 0 amide bonds. The normalized spacial score (nSPS) is 13.1. The van der Waals surface area contributed by atoms with Crippen LogP contribution in [-0.4, -0.2) is 29.8 Å². The summed E-state index contributed by atoms with van der Waals surface area (Å²) in [5, 5.41) is 27.4. The Morgan fingerprint density at radius 2 is 0.440 bits per heavy atom. The third-order valence-electron chi connectivity index (χ3n) is 21.8. The van der Waals surface area contributed by atoms with Crippen LogP contribution in [0.3, 0.4) is 0 Å². The average molecular weight is 1640 g/mol. The summed E-state index contributed by atoms with van der Waals surface area (Å²) in [4.78, 5) is 69.2. The van der Waals surface area contributed by atoms with Crippen molar-refractivity contribution in [2.45, 2.75) is 209 Å². The van der Waals surface area contributed by atoms with Crippen molar-refractivity contribution in [3.63, 3.8) is 0 Å². The molecule has 0 N–H and O–H groups in total. The van der Waals surface area contributed by atoms with Gasteiger partial charge in [-0.1, -0.05) is 310 Å². The Kier molecular flexibility index (Phi) is 22.2. The molecule has 0 unspecified atom stereocenters. The number of nitro groups is 2. The summed E-state index contributed by atoms with van der Waals surface area (Å²) in [7, 11) is 0. The zero-order valence-corrected chi connectivity index (χ0v) is 77.6. The van der Waals surface area contributed by atoms with E-state index in [1.54, 1.807) is 36.4 Å². The maximum absolute atomic E-state index is 13.7. The maximum Gasteiger partial charge on any atom is 2.00 e. The van der Waals surface area contributed by atoms with Gasteiger partial charge in [0, 0.05) is 11.1 Å². The molecule has 0 saturated heterocycles. The molecule has 14 rings (SSSR count). The molecule has 10 heterocycles. The van der Waals surface area contributed by atoms with Gasteiger partial charge in [0.2, 0.25) is 0 Å². The smallest absolute Gasteiger partial charge is 0.657 e. The largest absolute Gasteiger partial charge is 2.00 e. The zero-order valence-electron chi connectivity index (χ0n) is 71.7. The van der Waals surface area contributed by atoms with Gasteiger partial charge in [0.25, 0.3) is 11.4 Å². The number of aromatic nitrogens is 8. The van der Waals surface area contributed by atoms with E-state index in [0.29, 0.717) is 78.4 Å². The van der Waals surface area contributed by atoms with Crippen LogP contribution < -0.4 is 19.9 Å². The second-order valence-electron chi connectivity index (χ2n) is 38.9. The number of benzene rings is 4. The zero-order chi connectivity index (χ0) is 82.2. The van der Waals surface area contributed by atoms with Gasteiger partial charge in [-0.2, -0.15) is 0 Å². The van der Waals surface area contributed by atoms with E-state index in [-0.39, 0.29) is 116 Å². The van der Waals surface area contributed by atoms with Crippen molar-refractivity contribution in [2.24, 2.45) is 0 Å². The molecule has 4 aromatic carbocycles. The van der Waals surface area contributed by atoms with Gasteiger partial charge in [-0.05, 0) is 193 Å².